The second kappa shape index (κ2) is 11.4. The zero-order valence-electron chi connectivity index (χ0n) is 19.2. The number of piperidine rings is 1. The third-order valence-corrected chi connectivity index (χ3v) is 5.42. The molecule has 33 heavy (non-hydrogen) atoms. The van der Waals surface area contributed by atoms with Crippen molar-refractivity contribution in [3.63, 3.8) is 0 Å². The molecule has 9 nitrogen and oxygen atoms in total. The minimum absolute atomic E-state index is 0.109. The number of likely N-dealkylation sites (N-methyl/N-ethyl adjacent to an activating group) is 1. The van der Waals surface area contributed by atoms with Crippen LogP contribution in [0.5, 0.6) is 11.5 Å². The van der Waals surface area contributed by atoms with Gasteiger partial charge >= 0.3 is 5.97 Å². The predicted octanol–water partition coefficient (Wildman–Crippen LogP) is 2.74. The Kier molecular flexibility index (Phi) is 8.34. The van der Waals surface area contributed by atoms with E-state index in [-0.39, 0.29) is 36.7 Å². The zero-order valence-corrected chi connectivity index (χ0v) is 19.2. The second-order valence-corrected chi connectivity index (χ2v) is 7.80. The number of amides is 2. The van der Waals surface area contributed by atoms with E-state index in [4.69, 9.17) is 18.6 Å². The molecule has 0 saturated carbocycles. The van der Waals surface area contributed by atoms with E-state index >= 15 is 0 Å². The average Bonchev–Trinajstić information content (AvgIpc) is 3.31. The van der Waals surface area contributed by atoms with Crippen LogP contribution in [-0.2, 0) is 20.9 Å². The van der Waals surface area contributed by atoms with Crippen molar-refractivity contribution in [3.05, 3.63) is 47.9 Å². The van der Waals surface area contributed by atoms with Crippen LogP contribution >= 0.6 is 0 Å². The number of carbonyl (C=O) groups is 3. The molecule has 1 atom stereocenters. The van der Waals surface area contributed by atoms with Crippen LogP contribution in [0.2, 0.25) is 0 Å². The molecular formula is C24H30N2O7. The fourth-order valence-electron chi connectivity index (χ4n) is 3.68. The first-order valence-electron chi connectivity index (χ1n) is 11.0. The summed E-state index contributed by atoms with van der Waals surface area (Å²) in [6.45, 7) is 2.96. The number of methoxy groups -OCH3 is 1. The molecule has 0 aliphatic carbocycles. The molecule has 9 heteroatoms. The number of furan rings is 1. The van der Waals surface area contributed by atoms with Crippen molar-refractivity contribution in [2.75, 3.05) is 40.4 Å². The lowest BCUT2D eigenvalue weighted by Gasteiger charge is -2.32. The van der Waals surface area contributed by atoms with E-state index in [0.29, 0.717) is 43.4 Å². The predicted molar refractivity (Wildman–Crippen MR) is 119 cm³/mol. The van der Waals surface area contributed by atoms with E-state index in [0.717, 1.165) is 6.42 Å². The maximum Gasteiger partial charge on any atom is 0.310 e. The van der Waals surface area contributed by atoms with E-state index in [9.17, 15) is 14.4 Å². The van der Waals surface area contributed by atoms with E-state index in [2.05, 4.69) is 0 Å². The minimum atomic E-state index is -0.411. The molecule has 1 aromatic carbocycles. The summed E-state index contributed by atoms with van der Waals surface area (Å²) in [6, 6.07) is 10.5. The van der Waals surface area contributed by atoms with Gasteiger partial charge in [-0.1, -0.05) is 12.1 Å². The highest BCUT2D eigenvalue weighted by molar-refractivity contribution is 5.94. The number of hydrogen-bond donors (Lipinski definition) is 0. The molecule has 1 aliphatic heterocycles. The Morgan fingerprint density at radius 3 is 2.64 bits per heavy atom. The van der Waals surface area contributed by atoms with Gasteiger partial charge in [0.1, 0.15) is 12.4 Å². The van der Waals surface area contributed by atoms with Crippen LogP contribution in [0, 0.1) is 5.92 Å². The number of likely N-dealkylation sites (tertiary alicyclic amines) is 1. The number of rotatable bonds is 9. The number of para-hydroxylation sites is 2. The smallest absolute Gasteiger partial charge is 0.310 e. The summed E-state index contributed by atoms with van der Waals surface area (Å²) in [5, 5.41) is 0. The maximum atomic E-state index is 12.7. The van der Waals surface area contributed by atoms with E-state index in [1.165, 1.54) is 4.90 Å². The van der Waals surface area contributed by atoms with Crippen molar-refractivity contribution in [3.8, 4) is 11.5 Å². The molecular weight excluding hydrogens is 428 g/mol. The Balaban J connectivity index is 1.53. The standard InChI is InChI=1S/C24H30N2O7/c1-4-31-24(29)17-8-7-13-26(14-17)22(27)15-25(2)23(28)21-12-11-18(33-21)16-32-20-10-6-5-9-19(20)30-3/h5-6,9-12,17H,4,7-8,13-16H2,1-3H3. The Labute approximate surface area is 193 Å². The van der Waals surface area contributed by atoms with E-state index in [1.807, 2.05) is 12.1 Å². The van der Waals surface area contributed by atoms with E-state index in [1.54, 1.807) is 50.2 Å². The molecule has 3 rings (SSSR count). The van der Waals surface area contributed by atoms with Gasteiger partial charge in [0.25, 0.3) is 5.91 Å². The van der Waals surface area contributed by atoms with Gasteiger partial charge in [-0.3, -0.25) is 14.4 Å². The molecule has 0 radical (unpaired) electrons. The first kappa shape index (κ1) is 24.2. The summed E-state index contributed by atoms with van der Waals surface area (Å²) in [6.07, 6.45) is 1.42. The van der Waals surface area contributed by atoms with E-state index < -0.39 is 5.91 Å². The number of hydrogen-bond acceptors (Lipinski definition) is 7. The molecule has 1 aliphatic rings. The molecule has 2 aromatic rings. The largest absolute Gasteiger partial charge is 0.493 e. The second-order valence-electron chi connectivity index (χ2n) is 7.80. The highest BCUT2D eigenvalue weighted by Crippen LogP contribution is 2.27. The molecule has 0 N–H and O–H groups in total. The molecule has 178 valence electrons. The van der Waals surface area contributed by atoms with Gasteiger partial charge in [0.2, 0.25) is 5.91 Å². The maximum absolute atomic E-state index is 12.7. The number of ether oxygens (including phenoxy) is 3. The number of nitrogens with zero attached hydrogens (tertiary/aromatic N) is 2. The quantitative estimate of drug-likeness (QED) is 0.533. The molecule has 0 spiro atoms. The van der Waals surface area contributed by atoms with Crippen LogP contribution in [0.1, 0.15) is 36.1 Å². The normalized spacial score (nSPS) is 15.6. The van der Waals surface area contributed by atoms with Crippen molar-refractivity contribution < 1.29 is 33.0 Å². The van der Waals surface area contributed by atoms with Crippen molar-refractivity contribution in [2.45, 2.75) is 26.4 Å². The Bertz CT molecular complexity index is 971. The van der Waals surface area contributed by atoms with Gasteiger partial charge in [-0.25, -0.2) is 0 Å². The monoisotopic (exact) mass is 458 g/mol. The SMILES string of the molecule is CCOC(=O)C1CCCN(C(=O)CN(C)C(=O)c2ccc(COc3ccccc3OC)o2)C1. The van der Waals surface area contributed by atoms with Crippen LogP contribution in [0.15, 0.2) is 40.8 Å². The fourth-order valence-corrected chi connectivity index (χ4v) is 3.68. The molecule has 0 bridgehead atoms. The minimum Gasteiger partial charge on any atom is -0.493 e. The average molecular weight is 459 g/mol. The van der Waals surface area contributed by atoms with Gasteiger partial charge in [-0.05, 0) is 44.0 Å². The lowest BCUT2D eigenvalue weighted by molar-refractivity contribution is -0.151. The first-order chi connectivity index (χ1) is 15.9. The molecule has 1 fully saturated rings. The topological polar surface area (TPSA) is 98.5 Å². The van der Waals surface area contributed by atoms with Gasteiger partial charge < -0.3 is 28.4 Å². The summed E-state index contributed by atoms with van der Waals surface area (Å²) in [5.41, 5.74) is 0. The lowest BCUT2D eigenvalue weighted by atomic mass is 9.98. The Morgan fingerprint density at radius 1 is 1.15 bits per heavy atom. The summed E-state index contributed by atoms with van der Waals surface area (Å²) in [7, 11) is 3.10. The van der Waals surface area contributed by atoms with Crippen LogP contribution in [0.25, 0.3) is 0 Å². The first-order valence-corrected chi connectivity index (χ1v) is 11.0. The van der Waals surface area contributed by atoms with Gasteiger partial charge in [0.05, 0.1) is 26.2 Å². The lowest BCUT2D eigenvalue weighted by Crippen LogP contribution is -2.47. The third kappa shape index (κ3) is 6.27. The molecule has 1 aromatic heterocycles. The molecule has 1 saturated heterocycles. The Hall–Kier alpha value is -3.49. The summed E-state index contributed by atoms with van der Waals surface area (Å²) in [5.74, 6) is 0.523. The molecule has 2 heterocycles. The summed E-state index contributed by atoms with van der Waals surface area (Å²) in [4.78, 5) is 40.4. The number of benzene rings is 1. The van der Waals surface area contributed by atoms with Crippen LogP contribution in [0.3, 0.4) is 0 Å². The Morgan fingerprint density at radius 2 is 1.91 bits per heavy atom. The number of carbonyl (C=O) groups excluding carboxylic acids is 3. The van der Waals surface area contributed by atoms with Crippen molar-refractivity contribution in [1.82, 2.24) is 9.80 Å². The van der Waals surface area contributed by atoms with Gasteiger partial charge in [0, 0.05) is 20.1 Å². The van der Waals surface area contributed by atoms with Crippen molar-refractivity contribution in [2.24, 2.45) is 5.92 Å². The van der Waals surface area contributed by atoms with Crippen LogP contribution < -0.4 is 9.47 Å². The van der Waals surface area contributed by atoms with Crippen molar-refractivity contribution in [1.29, 1.82) is 0 Å². The van der Waals surface area contributed by atoms with Gasteiger partial charge in [0.15, 0.2) is 17.3 Å². The highest BCUT2D eigenvalue weighted by Gasteiger charge is 2.30. The third-order valence-electron chi connectivity index (χ3n) is 5.42. The summed E-state index contributed by atoms with van der Waals surface area (Å²) < 4.78 is 21.7. The molecule has 1 unspecified atom stereocenters. The van der Waals surface area contributed by atoms with Crippen LogP contribution in [0.4, 0.5) is 0 Å². The number of esters is 1. The van der Waals surface area contributed by atoms with Gasteiger partial charge in [-0.15, -0.1) is 0 Å². The fraction of sp³-hybridized carbons (Fsp3) is 0.458. The molecule has 2 amide bonds. The van der Waals surface area contributed by atoms with Crippen LogP contribution in [-0.4, -0.2) is 68.0 Å². The zero-order chi connectivity index (χ0) is 23.8. The van der Waals surface area contributed by atoms with Crippen molar-refractivity contribution >= 4 is 17.8 Å². The highest BCUT2D eigenvalue weighted by atomic mass is 16.5. The summed E-state index contributed by atoms with van der Waals surface area (Å²) >= 11 is 0. The van der Waals surface area contributed by atoms with Gasteiger partial charge in [-0.2, -0.15) is 0 Å².